The number of aliphatic imine (C=N–C) groups is 1. The van der Waals surface area contributed by atoms with E-state index in [2.05, 4.69) is 15.6 Å². The summed E-state index contributed by atoms with van der Waals surface area (Å²) in [6.45, 7) is 4.30. The van der Waals surface area contributed by atoms with Crippen molar-refractivity contribution in [2.75, 3.05) is 20.3 Å². The van der Waals surface area contributed by atoms with E-state index in [-0.39, 0.29) is 11.9 Å². The number of hydrogen-bond acceptors (Lipinski definition) is 4. The molecule has 2 aromatic rings. The SMILES string of the molecule is CN=C(NCc1ccc(O)c(F)c1)NCc1ccc(C)cc1OC1CCOC1. The Morgan fingerprint density at radius 1 is 1.25 bits per heavy atom. The number of guanidine groups is 1. The molecule has 0 aliphatic carbocycles. The minimum Gasteiger partial charge on any atom is -0.505 e. The van der Waals surface area contributed by atoms with Gasteiger partial charge in [0.15, 0.2) is 17.5 Å². The van der Waals surface area contributed by atoms with Crippen molar-refractivity contribution in [1.29, 1.82) is 0 Å². The van der Waals surface area contributed by atoms with E-state index in [1.807, 2.05) is 25.1 Å². The van der Waals surface area contributed by atoms with Gasteiger partial charge in [-0.3, -0.25) is 4.99 Å². The third-order valence-electron chi connectivity index (χ3n) is 4.55. The van der Waals surface area contributed by atoms with E-state index in [1.54, 1.807) is 13.1 Å². The van der Waals surface area contributed by atoms with Crippen LogP contribution in [0.15, 0.2) is 41.4 Å². The van der Waals surface area contributed by atoms with Gasteiger partial charge < -0.3 is 25.2 Å². The van der Waals surface area contributed by atoms with E-state index in [4.69, 9.17) is 9.47 Å². The van der Waals surface area contributed by atoms with Crippen molar-refractivity contribution in [3.05, 3.63) is 58.9 Å². The van der Waals surface area contributed by atoms with Crippen LogP contribution >= 0.6 is 0 Å². The van der Waals surface area contributed by atoms with Crippen LogP contribution < -0.4 is 15.4 Å². The number of phenolic OH excluding ortho intramolecular Hbond substituents is 1. The number of nitrogens with zero attached hydrogens (tertiary/aromatic N) is 1. The lowest BCUT2D eigenvalue weighted by Gasteiger charge is -2.18. The summed E-state index contributed by atoms with van der Waals surface area (Å²) in [5.74, 6) is 0.439. The standard InChI is InChI=1S/C21H26FN3O3/c1-14-3-5-16(20(9-14)28-17-7-8-27-13-17)12-25-21(23-2)24-11-15-4-6-19(26)18(22)10-15/h3-6,9-10,17,26H,7-8,11-13H2,1-2H3,(H2,23,24,25). The van der Waals surface area contributed by atoms with E-state index < -0.39 is 5.82 Å². The number of aromatic hydroxyl groups is 1. The Hall–Kier alpha value is -2.80. The van der Waals surface area contributed by atoms with E-state index in [0.717, 1.165) is 29.9 Å². The highest BCUT2D eigenvalue weighted by Crippen LogP contribution is 2.24. The van der Waals surface area contributed by atoms with Crippen LogP contribution in [0.25, 0.3) is 0 Å². The summed E-state index contributed by atoms with van der Waals surface area (Å²) in [4.78, 5) is 4.20. The summed E-state index contributed by atoms with van der Waals surface area (Å²) >= 11 is 0. The summed E-state index contributed by atoms with van der Waals surface area (Å²) < 4.78 is 25.0. The van der Waals surface area contributed by atoms with E-state index >= 15 is 0 Å². The molecular formula is C21H26FN3O3. The number of ether oxygens (including phenoxy) is 2. The Labute approximate surface area is 164 Å². The van der Waals surface area contributed by atoms with Gasteiger partial charge in [0.2, 0.25) is 0 Å². The first-order valence-electron chi connectivity index (χ1n) is 9.31. The average molecular weight is 387 g/mol. The Bertz CT molecular complexity index is 836. The van der Waals surface area contributed by atoms with Crippen molar-refractivity contribution in [2.45, 2.75) is 32.5 Å². The number of nitrogens with one attached hydrogen (secondary N) is 2. The van der Waals surface area contributed by atoms with Crippen molar-refractivity contribution in [2.24, 2.45) is 4.99 Å². The van der Waals surface area contributed by atoms with Crippen LogP contribution in [0.1, 0.15) is 23.1 Å². The Kier molecular flexibility index (Phi) is 6.71. The highest BCUT2D eigenvalue weighted by Gasteiger charge is 2.18. The third-order valence-corrected chi connectivity index (χ3v) is 4.55. The molecule has 150 valence electrons. The minimum absolute atomic E-state index is 0.0855. The van der Waals surface area contributed by atoms with E-state index in [1.165, 1.54) is 12.1 Å². The van der Waals surface area contributed by atoms with Crippen LogP contribution in [-0.2, 0) is 17.8 Å². The van der Waals surface area contributed by atoms with Crippen molar-refractivity contribution < 1.29 is 19.0 Å². The second-order valence-corrected chi connectivity index (χ2v) is 6.78. The molecule has 6 nitrogen and oxygen atoms in total. The van der Waals surface area contributed by atoms with Gasteiger partial charge in [0.05, 0.1) is 13.2 Å². The maximum absolute atomic E-state index is 13.5. The van der Waals surface area contributed by atoms with Crippen LogP contribution in [0, 0.1) is 12.7 Å². The second kappa shape index (κ2) is 9.41. The van der Waals surface area contributed by atoms with Gasteiger partial charge >= 0.3 is 0 Å². The second-order valence-electron chi connectivity index (χ2n) is 6.78. The largest absolute Gasteiger partial charge is 0.505 e. The molecule has 28 heavy (non-hydrogen) atoms. The molecule has 2 aromatic carbocycles. The number of phenols is 1. The Morgan fingerprint density at radius 3 is 2.79 bits per heavy atom. The normalized spacial score (nSPS) is 16.8. The monoisotopic (exact) mass is 387 g/mol. The Balaban J connectivity index is 1.59. The fourth-order valence-electron chi connectivity index (χ4n) is 2.95. The molecule has 1 aliphatic rings. The fourth-order valence-corrected chi connectivity index (χ4v) is 2.95. The topological polar surface area (TPSA) is 75.1 Å². The summed E-state index contributed by atoms with van der Waals surface area (Å²) in [5, 5.41) is 15.7. The molecule has 1 fully saturated rings. The van der Waals surface area contributed by atoms with Crippen molar-refractivity contribution in [3.8, 4) is 11.5 Å². The zero-order valence-corrected chi connectivity index (χ0v) is 16.2. The number of rotatable bonds is 6. The first-order chi connectivity index (χ1) is 13.5. The predicted octanol–water partition coefficient (Wildman–Crippen LogP) is 2.87. The fraction of sp³-hybridized carbons (Fsp3) is 0.381. The highest BCUT2D eigenvalue weighted by molar-refractivity contribution is 5.79. The number of benzene rings is 2. The molecule has 0 bridgehead atoms. The molecule has 1 unspecified atom stereocenters. The molecule has 7 heteroatoms. The maximum Gasteiger partial charge on any atom is 0.191 e. The molecule has 0 saturated carbocycles. The summed E-state index contributed by atoms with van der Waals surface area (Å²) in [5.41, 5.74) is 2.87. The van der Waals surface area contributed by atoms with Gasteiger partial charge in [-0.2, -0.15) is 0 Å². The van der Waals surface area contributed by atoms with Gasteiger partial charge in [-0.05, 0) is 36.2 Å². The van der Waals surface area contributed by atoms with Gasteiger partial charge in [-0.15, -0.1) is 0 Å². The predicted molar refractivity (Wildman–Crippen MR) is 106 cm³/mol. The number of aryl methyl sites for hydroxylation is 1. The first-order valence-corrected chi connectivity index (χ1v) is 9.31. The summed E-state index contributed by atoms with van der Waals surface area (Å²) in [6.07, 6.45) is 0.982. The van der Waals surface area contributed by atoms with Crippen molar-refractivity contribution >= 4 is 5.96 Å². The van der Waals surface area contributed by atoms with Crippen LogP contribution in [0.2, 0.25) is 0 Å². The molecule has 3 rings (SSSR count). The van der Waals surface area contributed by atoms with E-state index in [9.17, 15) is 9.50 Å². The van der Waals surface area contributed by atoms with Gasteiger partial charge in [-0.1, -0.05) is 18.2 Å². The molecule has 0 radical (unpaired) electrons. The lowest BCUT2D eigenvalue weighted by molar-refractivity contribution is 0.140. The molecular weight excluding hydrogens is 361 g/mol. The molecule has 1 heterocycles. The minimum atomic E-state index is -0.639. The smallest absolute Gasteiger partial charge is 0.191 e. The van der Waals surface area contributed by atoms with E-state index in [0.29, 0.717) is 31.2 Å². The zero-order chi connectivity index (χ0) is 19.9. The van der Waals surface area contributed by atoms with Gasteiger partial charge in [0.1, 0.15) is 11.9 Å². The van der Waals surface area contributed by atoms with Crippen LogP contribution in [0.5, 0.6) is 11.5 Å². The quantitative estimate of drug-likeness (QED) is 0.525. The van der Waals surface area contributed by atoms with Crippen molar-refractivity contribution in [3.63, 3.8) is 0 Å². The molecule has 0 aromatic heterocycles. The van der Waals surface area contributed by atoms with Crippen LogP contribution in [0.4, 0.5) is 4.39 Å². The van der Waals surface area contributed by atoms with Crippen LogP contribution in [-0.4, -0.2) is 37.4 Å². The molecule has 1 saturated heterocycles. The summed E-state index contributed by atoms with van der Waals surface area (Å²) in [7, 11) is 1.68. The lowest BCUT2D eigenvalue weighted by Crippen LogP contribution is -2.36. The van der Waals surface area contributed by atoms with Crippen molar-refractivity contribution in [1.82, 2.24) is 10.6 Å². The molecule has 3 N–H and O–H groups in total. The highest BCUT2D eigenvalue weighted by atomic mass is 19.1. The number of halogens is 1. The third kappa shape index (κ3) is 5.36. The molecule has 1 atom stereocenters. The Morgan fingerprint density at radius 2 is 2.07 bits per heavy atom. The molecule has 0 amide bonds. The maximum atomic E-state index is 13.5. The van der Waals surface area contributed by atoms with Gasteiger partial charge in [0, 0.05) is 32.1 Å². The summed E-state index contributed by atoms with van der Waals surface area (Å²) in [6, 6.07) is 10.4. The van der Waals surface area contributed by atoms with Crippen LogP contribution in [0.3, 0.4) is 0 Å². The first kappa shape index (κ1) is 19.9. The zero-order valence-electron chi connectivity index (χ0n) is 16.2. The average Bonchev–Trinajstić information content (AvgIpc) is 3.19. The number of hydrogen-bond donors (Lipinski definition) is 3. The van der Waals surface area contributed by atoms with Gasteiger partial charge in [-0.25, -0.2) is 4.39 Å². The van der Waals surface area contributed by atoms with Gasteiger partial charge in [0.25, 0.3) is 0 Å². The molecule has 1 aliphatic heterocycles. The molecule has 0 spiro atoms. The lowest BCUT2D eigenvalue weighted by atomic mass is 10.1.